The number of amidine groups is 1. The number of nitrogens with one attached hydrogen (secondary N) is 1. The molecule has 0 spiro atoms. The monoisotopic (exact) mass is 485 g/mol. The molecule has 1 saturated heterocycles. The zero-order chi connectivity index (χ0) is 22.3. The van der Waals surface area contributed by atoms with Crippen LogP contribution in [-0.2, 0) is 10.0 Å². The number of carbonyl (C=O) groups is 1. The van der Waals surface area contributed by atoms with Gasteiger partial charge < -0.3 is 10.2 Å². The molecule has 2 aliphatic rings. The zero-order valence-corrected chi connectivity index (χ0v) is 19.4. The molecule has 32 heavy (non-hydrogen) atoms. The Morgan fingerprint density at radius 2 is 1.94 bits per heavy atom. The fourth-order valence-electron chi connectivity index (χ4n) is 4.10. The van der Waals surface area contributed by atoms with E-state index in [1.54, 1.807) is 17.4 Å². The Morgan fingerprint density at radius 1 is 1.09 bits per heavy atom. The smallest absolute Gasteiger partial charge is 0.286 e. The zero-order valence-electron chi connectivity index (χ0n) is 17.0. The van der Waals surface area contributed by atoms with Crippen molar-refractivity contribution in [3.63, 3.8) is 0 Å². The quantitative estimate of drug-likeness (QED) is 0.508. The predicted molar refractivity (Wildman–Crippen MR) is 130 cm³/mol. The first-order valence-electron chi connectivity index (χ1n) is 10.3. The third-order valence-corrected chi connectivity index (χ3v) is 8.19. The van der Waals surface area contributed by atoms with Crippen molar-refractivity contribution < 1.29 is 13.2 Å². The highest BCUT2D eigenvalue weighted by Gasteiger charge is 2.33. The fraction of sp³-hybridized carbons (Fsp3) is 0.217. The van der Waals surface area contributed by atoms with Crippen molar-refractivity contribution in [3.8, 4) is 10.4 Å². The molecule has 0 aliphatic carbocycles. The first-order chi connectivity index (χ1) is 15.4. The molecule has 2 aliphatic heterocycles. The van der Waals surface area contributed by atoms with Crippen molar-refractivity contribution >= 4 is 56.1 Å². The Labute approximate surface area is 195 Å². The number of sulfonamides is 1. The molecule has 9 heteroatoms. The van der Waals surface area contributed by atoms with E-state index in [-0.39, 0.29) is 15.5 Å². The summed E-state index contributed by atoms with van der Waals surface area (Å²) in [7, 11) is -3.91. The molecular formula is C23H20ClN3O3S2. The van der Waals surface area contributed by atoms with Crippen molar-refractivity contribution in [2.45, 2.75) is 30.6 Å². The summed E-state index contributed by atoms with van der Waals surface area (Å²) < 4.78 is 29.9. The number of anilines is 2. The van der Waals surface area contributed by atoms with Gasteiger partial charge >= 0.3 is 0 Å². The number of rotatable bonds is 3. The third-order valence-electron chi connectivity index (χ3n) is 5.64. The third kappa shape index (κ3) is 3.83. The van der Waals surface area contributed by atoms with E-state index in [4.69, 9.17) is 11.6 Å². The van der Waals surface area contributed by atoms with Crippen LogP contribution in [-0.4, -0.2) is 26.7 Å². The number of thiophene rings is 1. The highest BCUT2D eigenvalue weighted by atomic mass is 35.5. The molecule has 0 unspecified atom stereocenters. The lowest BCUT2D eigenvalue weighted by Crippen LogP contribution is -2.35. The van der Waals surface area contributed by atoms with E-state index in [2.05, 4.69) is 9.71 Å². The molecular weight excluding hydrogens is 466 g/mol. The van der Waals surface area contributed by atoms with Gasteiger partial charge in [0.05, 0.1) is 16.3 Å². The van der Waals surface area contributed by atoms with Gasteiger partial charge in [0.25, 0.3) is 15.9 Å². The van der Waals surface area contributed by atoms with Gasteiger partial charge in [-0.25, -0.2) is 0 Å². The van der Waals surface area contributed by atoms with E-state index in [1.807, 2.05) is 46.7 Å². The van der Waals surface area contributed by atoms with E-state index in [1.165, 1.54) is 6.07 Å². The van der Waals surface area contributed by atoms with E-state index in [9.17, 15) is 13.2 Å². The second-order valence-electron chi connectivity index (χ2n) is 7.72. The Morgan fingerprint density at radius 3 is 2.75 bits per heavy atom. The van der Waals surface area contributed by atoms with Crippen LogP contribution in [0.4, 0.5) is 11.4 Å². The van der Waals surface area contributed by atoms with Gasteiger partial charge in [0, 0.05) is 29.1 Å². The van der Waals surface area contributed by atoms with Gasteiger partial charge in [-0.05, 0) is 42.5 Å². The minimum Gasteiger partial charge on any atom is -0.328 e. The highest BCUT2D eigenvalue weighted by molar-refractivity contribution is 7.90. The number of nitrogens with zero attached hydrogens (tertiary/aromatic N) is 2. The average Bonchev–Trinajstić information content (AvgIpc) is 3.20. The normalized spacial score (nSPS) is 17.0. The summed E-state index contributed by atoms with van der Waals surface area (Å²) in [6.07, 6.45) is 3.47. The van der Waals surface area contributed by atoms with Gasteiger partial charge in [0.15, 0.2) is 0 Å². The predicted octanol–water partition coefficient (Wildman–Crippen LogP) is 5.80. The van der Waals surface area contributed by atoms with Crippen molar-refractivity contribution in [2.24, 2.45) is 4.40 Å². The second-order valence-corrected chi connectivity index (χ2v) is 10.6. The lowest BCUT2D eigenvalue weighted by Gasteiger charge is -2.30. The van der Waals surface area contributed by atoms with E-state index in [0.29, 0.717) is 30.2 Å². The van der Waals surface area contributed by atoms with Crippen LogP contribution in [0.25, 0.3) is 10.4 Å². The molecule has 1 aromatic heterocycles. The summed E-state index contributed by atoms with van der Waals surface area (Å²) in [4.78, 5) is 16.1. The maximum Gasteiger partial charge on any atom is 0.286 e. The number of benzene rings is 2. The maximum atomic E-state index is 13.2. The van der Waals surface area contributed by atoms with Crippen molar-refractivity contribution in [2.75, 3.05) is 16.8 Å². The highest BCUT2D eigenvalue weighted by Crippen LogP contribution is 2.38. The van der Waals surface area contributed by atoms with E-state index in [0.717, 1.165) is 29.7 Å². The van der Waals surface area contributed by atoms with Gasteiger partial charge in [-0.1, -0.05) is 42.3 Å². The molecule has 2 aromatic carbocycles. The molecule has 1 N–H and O–H groups in total. The first-order valence-corrected chi connectivity index (χ1v) is 13.0. The molecule has 0 atom stereocenters. The maximum absolute atomic E-state index is 13.2. The summed E-state index contributed by atoms with van der Waals surface area (Å²) >= 11 is 8.08. The topological polar surface area (TPSA) is 78.8 Å². The molecule has 1 amide bonds. The number of para-hydroxylation sites is 1. The largest absolute Gasteiger partial charge is 0.328 e. The summed E-state index contributed by atoms with van der Waals surface area (Å²) in [5.41, 5.74) is 2.11. The number of fused-ring (bicyclic) bond motifs is 3. The summed E-state index contributed by atoms with van der Waals surface area (Å²) in [5, 5.41) is 5.07. The Bertz CT molecular complexity index is 1330. The Hall–Kier alpha value is -2.68. The van der Waals surface area contributed by atoms with E-state index >= 15 is 0 Å². The second kappa shape index (κ2) is 8.35. The van der Waals surface area contributed by atoms with Crippen LogP contribution in [0.15, 0.2) is 63.2 Å². The molecule has 1 fully saturated rings. The minimum absolute atomic E-state index is 0.0178. The number of carbonyl (C=O) groups excluding carboxylic acids is 1. The molecule has 0 radical (unpaired) electrons. The molecule has 6 nitrogen and oxygen atoms in total. The lowest BCUT2D eigenvalue weighted by molar-refractivity contribution is 0.102. The van der Waals surface area contributed by atoms with Gasteiger partial charge in [-0.15, -0.1) is 15.7 Å². The lowest BCUT2D eigenvalue weighted by atomic mass is 10.1. The van der Waals surface area contributed by atoms with Crippen molar-refractivity contribution in [3.05, 3.63) is 64.5 Å². The molecule has 3 heterocycles. The SMILES string of the molecule is O=C(Nc1ccccc1-c1cccs1)c1cc2c(cc1Cl)N1CCCCCC1=NS2(=O)=O. The van der Waals surface area contributed by atoms with Gasteiger partial charge in [-0.2, -0.15) is 8.42 Å². The summed E-state index contributed by atoms with van der Waals surface area (Å²) in [6.45, 7) is 0.678. The summed E-state index contributed by atoms with van der Waals surface area (Å²) in [6, 6.07) is 14.3. The average molecular weight is 486 g/mol. The number of halogens is 1. The molecule has 5 rings (SSSR count). The van der Waals surface area contributed by atoms with E-state index < -0.39 is 15.9 Å². The fourth-order valence-corrected chi connectivity index (χ4v) is 6.37. The summed E-state index contributed by atoms with van der Waals surface area (Å²) in [5.74, 6) is 0.0794. The minimum atomic E-state index is -3.91. The van der Waals surface area contributed by atoms with Crippen LogP contribution in [0.1, 0.15) is 36.0 Å². The molecule has 0 saturated carbocycles. The Kier molecular flexibility index (Phi) is 5.53. The van der Waals surface area contributed by atoms with Crippen LogP contribution in [0.3, 0.4) is 0 Å². The molecule has 0 bridgehead atoms. The van der Waals surface area contributed by atoms with Crippen LogP contribution in [0.5, 0.6) is 0 Å². The van der Waals surface area contributed by atoms with Gasteiger partial charge in [0.1, 0.15) is 10.7 Å². The van der Waals surface area contributed by atoms with Crippen LogP contribution < -0.4 is 10.2 Å². The Balaban J connectivity index is 1.53. The number of hydrogen-bond acceptors (Lipinski definition) is 5. The number of hydrogen-bond donors (Lipinski definition) is 1. The van der Waals surface area contributed by atoms with Crippen LogP contribution >= 0.6 is 22.9 Å². The van der Waals surface area contributed by atoms with Crippen molar-refractivity contribution in [1.82, 2.24) is 0 Å². The first kappa shape index (κ1) is 21.2. The van der Waals surface area contributed by atoms with Crippen LogP contribution in [0.2, 0.25) is 5.02 Å². The molecule has 164 valence electrons. The van der Waals surface area contributed by atoms with Gasteiger partial charge in [-0.3, -0.25) is 4.79 Å². The van der Waals surface area contributed by atoms with Crippen molar-refractivity contribution in [1.29, 1.82) is 0 Å². The van der Waals surface area contributed by atoms with Gasteiger partial charge in [0.2, 0.25) is 0 Å². The van der Waals surface area contributed by atoms with Crippen LogP contribution in [0, 0.1) is 0 Å². The molecule has 3 aromatic rings. The number of amides is 1. The standard InChI is InChI=1S/C23H20ClN3O3S2/c24-17-14-19-21(32(29,30)26-22-10-2-1-5-11-27(19)22)13-16(17)23(28)25-18-8-4-3-7-15(18)20-9-6-12-31-20/h3-4,6-9,12-14H,1-2,5,10-11H2,(H,25,28).